The van der Waals surface area contributed by atoms with Crippen molar-refractivity contribution in [3.63, 3.8) is 0 Å². The van der Waals surface area contributed by atoms with Crippen LogP contribution in [0.4, 0.5) is 10.8 Å². The number of aromatic nitrogens is 2. The molecular weight excluding hydrogens is 290 g/mol. The van der Waals surface area contributed by atoms with Crippen molar-refractivity contribution in [2.24, 2.45) is 0 Å². The third-order valence-corrected chi connectivity index (χ3v) is 5.28. The average molecular weight is 309 g/mol. The molecule has 2 aromatic rings. The molecule has 2 aromatic heterocycles. The summed E-state index contributed by atoms with van der Waals surface area (Å²) in [5.41, 5.74) is 8.06. The molecule has 0 unspecified atom stereocenters. The molecule has 0 saturated carbocycles. The van der Waals surface area contributed by atoms with Crippen LogP contribution in [0.1, 0.15) is 11.4 Å². The fraction of sp³-hybridized carbons (Fsp3) is 0.538. The zero-order chi connectivity index (χ0) is 14.1. The number of thiazole rings is 1. The van der Waals surface area contributed by atoms with Crippen LogP contribution in [0.2, 0.25) is 0 Å². The molecule has 0 spiro atoms. The van der Waals surface area contributed by atoms with Gasteiger partial charge in [-0.1, -0.05) is 0 Å². The molecule has 0 amide bonds. The van der Waals surface area contributed by atoms with Crippen molar-refractivity contribution in [2.45, 2.75) is 13.3 Å². The largest absolute Gasteiger partial charge is 0.382 e. The van der Waals surface area contributed by atoms with E-state index in [0.29, 0.717) is 5.82 Å². The van der Waals surface area contributed by atoms with Crippen molar-refractivity contribution < 1.29 is 0 Å². The van der Waals surface area contributed by atoms with Gasteiger partial charge in [0.2, 0.25) is 0 Å². The monoisotopic (exact) mass is 309 g/mol. The van der Waals surface area contributed by atoms with Crippen LogP contribution >= 0.6 is 22.9 Å². The normalized spacial score (nSPS) is 17.4. The summed E-state index contributed by atoms with van der Waals surface area (Å²) in [7, 11) is 2.18. The Morgan fingerprint density at radius 2 is 2.10 bits per heavy atom. The molecule has 3 heterocycles. The van der Waals surface area contributed by atoms with Gasteiger partial charge in [0.05, 0.1) is 16.3 Å². The van der Waals surface area contributed by atoms with Crippen molar-refractivity contribution in [3.8, 4) is 11.3 Å². The van der Waals surface area contributed by atoms with Gasteiger partial charge in [0, 0.05) is 25.0 Å². The molecule has 20 heavy (non-hydrogen) atoms. The highest BCUT2D eigenvalue weighted by molar-refractivity contribution is 7.11. The number of nitrogens with two attached hydrogens (primary N) is 1. The molecule has 5 nitrogen and oxygen atoms in total. The van der Waals surface area contributed by atoms with Crippen molar-refractivity contribution in [2.75, 3.05) is 43.9 Å². The number of aryl methyl sites for hydroxylation is 1. The maximum absolute atomic E-state index is 6.08. The maximum Gasteiger partial charge on any atom is 0.148 e. The number of rotatable bonds is 2. The number of anilines is 2. The Morgan fingerprint density at radius 3 is 2.85 bits per heavy atom. The molecule has 0 aliphatic carbocycles. The highest BCUT2D eigenvalue weighted by Crippen LogP contribution is 2.39. The third-order valence-electron chi connectivity index (χ3n) is 3.58. The molecule has 2 N–H and O–H groups in total. The summed E-state index contributed by atoms with van der Waals surface area (Å²) in [6.45, 7) is 6.32. The van der Waals surface area contributed by atoms with Gasteiger partial charge in [-0.15, -0.1) is 11.3 Å². The first kappa shape index (κ1) is 13.8. The van der Waals surface area contributed by atoms with E-state index in [1.807, 2.05) is 6.92 Å². The maximum atomic E-state index is 6.08. The highest BCUT2D eigenvalue weighted by atomic mass is 32.1. The summed E-state index contributed by atoms with van der Waals surface area (Å²) in [5, 5.41) is 4.30. The van der Waals surface area contributed by atoms with E-state index in [9.17, 15) is 0 Å². The van der Waals surface area contributed by atoms with E-state index in [-0.39, 0.29) is 0 Å². The van der Waals surface area contributed by atoms with Crippen LogP contribution in [0.15, 0.2) is 5.38 Å². The molecule has 1 fully saturated rings. The summed E-state index contributed by atoms with van der Waals surface area (Å²) in [6, 6.07) is 0. The van der Waals surface area contributed by atoms with E-state index in [4.69, 9.17) is 5.73 Å². The summed E-state index contributed by atoms with van der Waals surface area (Å²) in [4.78, 5) is 9.35. The van der Waals surface area contributed by atoms with Crippen LogP contribution in [0.5, 0.6) is 0 Å². The van der Waals surface area contributed by atoms with Gasteiger partial charge in [-0.2, -0.15) is 4.37 Å². The van der Waals surface area contributed by atoms with E-state index >= 15 is 0 Å². The van der Waals surface area contributed by atoms with Gasteiger partial charge < -0.3 is 15.5 Å². The first-order chi connectivity index (χ1) is 9.65. The number of hydrogen-bond acceptors (Lipinski definition) is 7. The van der Waals surface area contributed by atoms with Crippen LogP contribution in [-0.2, 0) is 0 Å². The topological polar surface area (TPSA) is 58.3 Å². The lowest BCUT2D eigenvalue weighted by Gasteiger charge is -2.21. The second-order valence-corrected chi connectivity index (χ2v) is 6.96. The Balaban J connectivity index is 1.94. The first-order valence-electron chi connectivity index (χ1n) is 6.76. The van der Waals surface area contributed by atoms with Gasteiger partial charge in [-0.3, -0.25) is 0 Å². The van der Waals surface area contributed by atoms with Crippen LogP contribution in [0, 0.1) is 6.92 Å². The van der Waals surface area contributed by atoms with Crippen LogP contribution in [-0.4, -0.2) is 47.5 Å². The van der Waals surface area contributed by atoms with E-state index in [1.54, 1.807) is 11.3 Å². The Bertz CT molecular complexity index is 591. The highest BCUT2D eigenvalue weighted by Gasteiger charge is 2.22. The lowest BCUT2D eigenvalue weighted by atomic mass is 10.2. The lowest BCUT2D eigenvalue weighted by Crippen LogP contribution is -2.28. The summed E-state index contributed by atoms with van der Waals surface area (Å²) >= 11 is 3.15. The lowest BCUT2D eigenvalue weighted by molar-refractivity contribution is 0.360. The van der Waals surface area contributed by atoms with E-state index in [1.165, 1.54) is 23.0 Å². The molecule has 0 bridgehead atoms. The fourth-order valence-corrected chi connectivity index (χ4v) is 3.96. The van der Waals surface area contributed by atoms with Crippen LogP contribution in [0.25, 0.3) is 11.3 Å². The molecule has 3 rings (SSSR count). The zero-order valence-electron chi connectivity index (χ0n) is 11.8. The minimum absolute atomic E-state index is 0.605. The molecule has 1 aliphatic heterocycles. The molecule has 0 aromatic carbocycles. The zero-order valence-corrected chi connectivity index (χ0v) is 13.4. The van der Waals surface area contributed by atoms with E-state index < -0.39 is 0 Å². The van der Waals surface area contributed by atoms with Crippen LogP contribution in [0.3, 0.4) is 0 Å². The number of hydrogen-bond donors (Lipinski definition) is 1. The molecular formula is C13H19N5S2. The van der Waals surface area contributed by atoms with Gasteiger partial charge in [0.1, 0.15) is 10.8 Å². The SMILES string of the molecule is Cc1nc(-c2c(N)nsc2N2CCCN(C)CC2)cs1. The summed E-state index contributed by atoms with van der Waals surface area (Å²) in [6.07, 6.45) is 1.17. The van der Waals surface area contributed by atoms with Gasteiger partial charge in [0.15, 0.2) is 0 Å². The second-order valence-electron chi connectivity index (χ2n) is 5.14. The van der Waals surface area contributed by atoms with Gasteiger partial charge in [-0.25, -0.2) is 4.98 Å². The minimum Gasteiger partial charge on any atom is -0.382 e. The molecule has 1 saturated heterocycles. The standard InChI is InChI=1S/C13H19N5S2/c1-9-15-10(8-19-9)11-12(14)16-20-13(11)18-5-3-4-17(2)6-7-18/h8H,3-7H2,1-2H3,(H2,14,16). The molecule has 1 aliphatic rings. The Morgan fingerprint density at radius 1 is 1.25 bits per heavy atom. The Kier molecular flexibility index (Phi) is 3.91. The molecule has 0 atom stereocenters. The number of nitrogens with zero attached hydrogens (tertiary/aromatic N) is 4. The van der Waals surface area contributed by atoms with Gasteiger partial charge >= 0.3 is 0 Å². The van der Waals surface area contributed by atoms with Crippen molar-refractivity contribution >= 4 is 33.7 Å². The first-order valence-corrected chi connectivity index (χ1v) is 8.41. The van der Waals surface area contributed by atoms with E-state index in [2.05, 4.69) is 31.6 Å². The molecule has 0 radical (unpaired) electrons. The average Bonchev–Trinajstić information content (AvgIpc) is 2.93. The minimum atomic E-state index is 0.605. The van der Waals surface area contributed by atoms with Crippen molar-refractivity contribution in [1.82, 2.24) is 14.3 Å². The second kappa shape index (κ2) is 5.67. The van der Waals surface area contributed by atoms with Crippen LogP contribution < -0.4 is 10.6 Å². The number of likely N-dealkylation sites (N-methyl/N-ethyl adjacent to an activating group) is 1. The molecule has 7 heteroatoms. The predicted molar refractivity (Wildman–Crippen MR) is 86.7 cm³/mol. The van der Waals surface area contributed by atoms with E-state index in [0.717, 1.165) is 42.4 Å². The Labute approximate surface area is 127 Å². The summed E-state index contributed by atoms with van der Waals surface area (Å²) in [5.74, 6) is 0.605. The fourth-order valence-electron chi connectivity index (χ4n) is 2.48. The molecule has 108 valence electrons. The smallest absolute Gasteiger partial charge is 0.148 e. The van der Waals surface area contributed by atoms with Crippen molar-refractivity contribution in [3.05, 3.63) is 10.4 Å². The van der Waals surface area contributed by atoms with Gasteiger partial charge in [-0.05, 0) is 38.5 Å². The number of nitrogen functional groups attached to an aromatic ring is 1. The Hall–Kier alpha value is -1.18. The van der Waals surface area contributed by atoms with Gasteiger partial charge in [0.25, 0.3) is 0 Å². The van der Waals surface area contributed by atoms with Crippen molar-refractivity contribution in [1.29, 1.82) is 0 Å². The third kappa shape index (κ3) is 2.65. The summed E-state index contributed by atoms with van der Waals surface area (Å²) < 4.78 is 4.36. The predicted octanol–water partition coefficient (Wildman–Crippen LogP) is 2.30. The quantitative estimate of drug-likeness (QED) is 0.922.